The summed E-state index contributed by atoms with van der Waals surface area (Å²) in [5.74, 6) is 1.46. The van der Waals surface area contributed by atoms with Gasteiger partial charge in [-0.05, 0) is 45.2 Å². The molecule has 4 nitrogen and oxygen atoms in total. The van der Waals surface area contributed by atoms with Crippen molar-refractivity contribution in [3.05, 3.63) is 35.3 Å². The van der Waals surface area contributed by atoms with Crippen molar-refractivity contribution in [2.75, 3.05) is 19.7 Å². The van der Waals surface area contributed by atoms with Gasteiger partial charge in [0.15, 0.2) is 0 Å². The quantitative estimate of drug-likeness (QED) is 0.826. The zero-order valence-electron chi connectivity index (χ0n) is 13.5. The number of benzene rings is 1. The number of hydrogen-bond acceptors (Lipinski definition) is 3. The molecule has 0 unspecified atom stereocenters. The predicted octanol–water partition coefficient (Wildman–Crippen LogP) is 4.39. The van der Waals surface area contributed by atoms with Crippen LogP contribution in [0.2, 0.25) is 0 Å². The normalized spacial score (nSPS) is 16.2. The van der Waals surface area contributed by atoms with Gasteiger partial charge in [0.2, 0.25) is 0 Å². The highest BCUT2D eigenvalue weighted by molar-refractivity contribution is 5.88. The molecule has 1 amide bonds. The van der Waals surface area contributed by atoms with Gasteiger partial charge in [-0.3, -0.25) is 0 Å². The van der Waals surface area contributed by atoms with Crippen molar-refractivity contribution in [2.45, 2.75) is 39.5 Å². The monoisotopic (exact) mass is 301 g/mol. The van der Waals surface area contributed by atoms with Gasteiger partial charge in [-0.15, -0.1) is 0 Å². The van der Waals surface area contributed by atoms with Crippen molar-refractivity contribution in [1.82, 2.24) is 4.90 Å². The van der Waals surface area contributed by atoms with E-state index in [0.717, 1.165) is 31.7 Å². The lowest BCUT2D eigenvalue weighted by Gasteiger charge is -2.30. The largest absolute Gasteiger partial charge is 0.468 e. The highest BCUT2D eigenvalue weighted by Crippen LogP contribution is 2.36. The number of rotatable bonds is 2. The first kappa shape index (κ1) is 14.9. The van der Waals surface area contributed by atoms with Crippen molar-refractivity contribution in [2.24, 2.45) is 0 Å². The first-order chi connectivity index (χ1) is 10.6. The number of ether oxygens (including phenoxy) is 1. The third-order valence-corrected chi connectivity index (χ3v) is 4.46. The number of carbonyl (C=O) groups excluding carboxylic acids is 1. The highest BCUT2D eigenvalue weighted by atomic mass is 16.6. The van der Waals surface area contributed by atoms with E-state index in [1.165, 1.54) is 21.9 Å². The number of aryl methyl sites for hydroxylation is 2. The summed E-state index contributed by atoms with van der Waals surface area (Å²) < 4.78 is 11.0. The molecule has 0 bridgehead atoms. The van der Waals surface area contributed by atoms with E-state index in [9.17, 15) is 4.79 Å². The zero-order chi connectivity index (χ0) is 15.7. The minimum Gasteiger partial charge on any atom is -0.468 e. The standard InChI is InChI=1S/C18H23NO3/c1-4-21-18(20)19-7-5-14(6-8-19)17-16-13(3)9-12(2)10-15(16)11-22-17/h9-11,14H,4-8H2,1-3H3. The van der Waals surface area contributed by atoms with Crippen molar-refractivity contribution in [1.29, 1.82) is 0 Å². The summed E-state index contributed by atoms with van der Waals surface area (Å²) in [7, 11) is 0. The van der Waals surface area contributed by atoms with Crippen LogP contribution in [0.5, 0.6) is 0 Å². The smallest absolute Gasteiger partial charge is 0.409 e. The van der Waals surface area contributed by atoms with Gasteiger partial charge in [-0.25, -0.2) is 4.79 Å². The molecule has 1 fully saturated rings. The van der Waals surface area contributed by atoms with Gasteiger partial charge in [0, 0.05) is 29.8 Å². The molecule has 0 N–H and O–H groups in total. The maximum absolute atomic E-state index is 11.8. The number of carbonyl (C=O) groups is 1. The molecule has 0 saturated carbocycles. The van der Waals surface area contributed by atoms with Gasteiger partial charge in [0.25, 0.3) is 0 Å². The molecular weight excluding hydrogens is 278 g/mol. The summed E-state index contributed by atoms with van der Waals surface area (Å²) in [5, 5.41) is 2.43. The van der Waals surface area contributed by atoms with Gasteiger partial charge in [-0.1, -0.05) is 11.6 Å². The Morgan fingerprint density at radius 2 is 2.05 bits per heavy atom. The van der Waals surface area contributed by atoms with E-state index in [-0.39, 0.29) is 6.09 Å². The Hall–Kier alpha value is -1.97. The van der Waals surface area contributed by atoms with Crippen LogP contribution in [0.4, 0.5) is 4.79 Å². The third kappa shape index (κ3) is 2.70. The van der Waals surface area contributed by atoms with Crippen LogP contribution in [0.3, 0.4) is 0 Å². The minimum absolute atomic E-state index is 0.197. The Balaban J connectivity index is 1.78. The number of fused-ring (bicyclic) bond motifs is 1. The summed E-state index contributed by atoms with van der Waals surface area (Å²) >= 11 is 0. The van der Waals surface area contributed by atoms with Crippen molar-refractivity contribution in [3.8, 4) is 0 Å². The molecule has 1 aliphatic heterocycles. The Bertz CT molecular complexity index is 681. The van der Waals surface area contributed by atoms with Gasteiger partial charge in [0.1, 0.15) is 5.76 Å². The average molecular weight is 301 g/mol. The Morgan fingerprint density at radius 3 is 2.73 bits per heavy atom. The van der Waals surface area contributed by atoms with E-state index in [1.54, 1.807) is 4.90 Å². The number of piperidine rings is 1. The lowest BCUT2D eigenvalue weighted by molar-refractivity contribution is 0.0959. The fraction of sp³-hybridized carbons (Fsp3) is 0.500. The molecule has 22 heavy (non-hydrogen) atoms. The fourth-order valence-corrected chi connectivity index (χ4v) is 3.46. The van der Waals surface area contributed by atoms with Crippen LogP contribution < -0.4 is 0 Å². The van der Waals surface area contributed by atoms with E-state index < -0.39 is 0 Å². The Kier molecular flexibility index (Phi) is 4.10. The molecule has 2 heterocycles. The number of furan rings is 1. The second-order valence-electron chi connectivity index (χ2n) is 6.11. The molecule has 4 heteroatoms. The summed E-state index contributed by atoms with van der Waals surface area (Å²) in [5.41, 5.74) is 2.53. The van der Waals surface area contributed by atoms with E-state index in [1.807, 2.05) is 13.2 Å². The summed E-state index contributed by atoms with van der Waals surface area (Å²) in [6.07, 6.45) is 3.52. The Labute approximate surface area is 131 Å². The number of amides is 1. The van der Waals surface area contributed by atoms with E-state index in [4.69, 9.17) is 9.15 Å². The first-order valence-electron chi connectivity index (χ1n) is 8.00. The molecule has 0 atom stereocenters. The van der Waals surface area contributed by atoms with Gasteiger partial charge < -0.3 is 14.1 Å². The molecular formula is C18H23NO3. The molecule has 0 aliphatic carbocycles. The Morgan fingerprint density at radius 1 is 1.32 bits per heavy atom. The van der Waals surface area contributed by atoms with Crippen molar-refractivity contribution in [3.63, 3.8) is 0 Å². The fourth-order valence-electron chi connectivity index (χ4n) is 3.46. The zero-order valence-corrected chi connectivity index (χ0v) is 13.5. The minimum atomic E-state index is -0.197. The van der Waals surface area contributed by atoms with Crippen molar-refractivity contribution >= 4 is 16.9 Å². The van der Waals surface area contributed by atoms with Crippen LogP contribution in [-0.4, -0.2) is 30.7 Å². The van der Waals surface area contributed by atoms with Gasteiger partial charge >= 0.3 is 6.09 Å². The second-order valence-corrected chi connectivity index (χ2v) is 6.11. The average Bonchev–Trinajstić information content (AvgIpc) is 2.91. The summed E-state index contributed by atoms with van der Waals surface area (Å²) in [6, 6.07) is 4.37. The van der Waals surface area contributed by atoms with Gasteiger partial charge in [-0.2, -0.15) is 0 Å². The maximum Gasteiger partial charge on any atom is 0.409 e. The van der Waals surface area contributed by atoms with E-state index in [2.05, 4.69) is 26.0 Å². The maximum atomic E-state index is 11.8. The van der Waals surface area contributed by atoms with E-state index >= 15 is 0 Å². The predicted molar refractivity (Wildman–Crippen MR) is 86.3 cm³/mol. The van der Waals surface area contributed by atoms with Crippen LogP contribution in [-0.2, 0) is 4.74 Å². The van der Waals surface area contributed by atoms with E-state index in [0.29, 0.717) is 12.5 Å². The third-order valence-electron chi connectivity index (χ3n) is 4.46. The molecule has 1 aliphatic rings. The molecule has 0 radical (unpaired) electrons. The second kappa shape index (κ2) is 6.03. The van der Waals surface area contributed by atoms with Crippen LogP contribution in [0.15, 0.2) is 22.8 Å². The summed E-state index contributed by atoms with van der Waals surface area (Å²) in [6.45, 7) is 7.98. The lowest BCUT2D eigenvalue weighted by Crippen LogP contribution is -2.38. The highest BCUT2D eigenvalue weighted by Gasteiger charge is 2.27. The topological polar surface area (TPSA) is 42.7 Å². The van der Waals surface area contributed by atoms with Crippen molar-refractivity contribution < 1.29 is 13.9 Å². The number of nitrogens with zero attached hydrogens (tertiary/aromatic N) is 1. The van der Waals surface area contributed by atoms with Crippen LogP contribution in [0.25, 0.3) is 10.8 Å². The SMILES string of the molecule is CCOC(=O)N1CCC(c2occ3cc(C)cc(C)c23)CC1. The molecule has 3 rings (SSSR count). The molecule has 1 aromatic heterocycles. The number of hydrogen-bond donors (Lipinski definition) is 0. The molecule has 1 saturated heterocycles. The molecule has 118 valence electrons. The lowest BCUT2D eigenvalue weighted by atomic mass is 9.91. The molecule has 1 aromatic carbocycles. The van der Waals surface area contributed by atoms with Gasteiger partial charge in [0.05, 0.1) is 12.9 Å². The summed E-state index contributed by atoms with van der Waals surface area (Å²) in [4.78, 5) is 13.6. The molecule has 2 aromatic rings. The number of likely N-dealkylation sites (tertiary alicyclic amines) is 1. The first-order valence-corrected chi connectivity index (χ1v) is 8.00. The van der Waals surface area contributed by atoms with Crippen LogP contribution >= 0.6 is 0 Å². The van der Waals surface area contributed by atoms with Crippen LogP contribution in [0, 0.1) is 13.8 Å². The molecule has 0 spiro atoms. The van der Waals surface area contributed by atoms with Crippen LogP contribution in [0.1, 0.15) is 42.6 Å².